The Bertz CT molecular complexity index is 611. The minimum atomic E-state index is -0.550. The van der Waals surface area contributed by atoms with Crippen LogP contribution >= 0.6 is 11.8 Å². The molecule has 0 aromatic heterocycles. The largest absolute Gasteiger partial charge is 0.298 e. The predicted octanol–water partition coefficient (Wildman–Crippen LogP) is 4.01. The van der Waals surface area contributed by atoms with Crippen LogP contribution in [0.5, 0.6) is 0 Å². The number of hydrogen-bond donors (Lipinski definition) is 0. The van der Waals surface area contributed by atoms with Crippen LogP contribution in [0.2, 0.25) is 0 Å². The van der Waals surface area contributed by atoms with Gasteiger partial charge in [0.25, 0.3) is 0 Å². The quantitative estimate of drug-likeness (QED) is 0.776. The lowest BCUT2D eigenvalue weighted by molar-refractivity contribution is -0.116. The number of carbonyl (C=O) groups excluding carboxylic acids is 1. The molecule has 5 heteroatoms. The third-order valence-corrected chi connectivity index (χ3v) is 3.69. The SMILES string of the molecule is O=C(CSc1cc(F)ccc1F)Cc1ccc(F)cc1. The molecule has 0 N–H and O–H groups in total. The monoisotopic (exact) mass is 296 g/mol. The van der Waals surface area contributed by atoms with E-state index in [1.54, 1.807) is 0 Å². The highest BCUT2D eigenvalue weighted by molar-refractivity contribution is 8.00. The van der Waals surface area contributed by atoms with Crippen molar-refractivity contribution < 1.29 is 18.0 Å². The van der Waals surface area contributed by atoms with Gasteiger partial charge < -0.3 is 0 Å². The van der Waals surface area contributed by atoms with Gasteiger partial charge in [-0.2, -0.15) is 0 Å². The van der Waals surface area contributed by atoms with E-state index in [1.165, 1.54) is 24.3 Å². The zero-order valence-electron chi connectivity index (χ0n) is 10.4. The van der Waals surface area contributed by atoms with Gasteiger partial charge in [-0.05, 0) is 35.9 Å². The third-order valence-electron chi connectivity index (χ3n) is 2.60. The molecule has 0 heterocycles. The van der Waals surface area contributed by atoms with E-state index in [0.29, 0.717) is 5.56 Å². The molecular weight excluding hydrogens is 285 g/mol. The van der Waals surface area contributed by atoms with E-state index < -0.39 is 11.6 Å². The van der Waals surface area contributed by atoms with Crippen molar-refractivity contribution in [2.45, 2.75) is 11.3 Å². The summed E-state index contributed by atoms with van der Waals surface area (Å²) >= 11 is 0.953. The second-order valence-corrected chi connectivity index (χ2v) is 5.22. The topological polar surface area (TPSA) is 17.1 Å². The van der Waals surface area contributed by atoms with Gasteiger partial charge in [0.05, 0.1) is 5.75 Å². The highest BCUT2D eigenvalue weighted by Gasteiger charge is 2.09. The predicted molar refractivity (Wildman–Crippen MR) is 72.2 cm³/mol. The zero-order chi connectivity index (χ0) is 14.5. The highest BCUT2D eigenvalue weighted by Crippen LogP contribution is 2.23. The number of halogens is 3. The smallest absolute Gasteiger partial charge is 0.147 e. The maximum Gasteiger partial charge on any atom is 0.147 e. The summed E-state index contributed by atoms with van der Waals surface area (Å²) in [6.07, 6.45) is 0.143. The fraction of sp³-hybridized carbons (Fsp3) is 0.133. The summed E-state index contributed by atoms with van der Waals surface area (Å²) in [7, 11) is 0. The molecule has 0 radical (unpaired) electrons. The lowest BCUT2D eigenvalue weighted by Crippen LogP contribution is -2.06. The number of rotatable bonds is 5. The van der Waals surface area contributed by atoms with Gasteiger partial charge >= 0.3 is 0 Å². The minimum absolute atomic E-state index is 0.0394. The molecule has 1 nitrogen and oxygen atoms in total. The molecule has 0 unspecified atom stereocenters. The number of carbonyl (C=O) groups is 1. The van der Waals surface area contributed by atoms with Crippen LogP contribution in [0, 0.1) is 17.5 Å². The first-order chi connectivity index (χ1) is 9.54. The number of hydrogen-bond acceptors (Lipinski definition) is 2. The Kier molecular flexibility index (Phi) is 4.84. The molecule has 2 aromatic rings. The van der Waals surface area contributed by atoms with Gasteiger partial charge in [-0.3, -0.25) is 4.79 Å². The van der Waals surface area contributed by atoms with Gasteiger partial charge in [0.1, 0.15) is 23.2 Å². The van der Waals surface area contributed by atoms with Crippen molar-refractivity contribution >= 4 is 17.5 Å². The minimum Gasteiger partial charge on any atom is -0.298 e. The summed E-state index contributed by atoms with van der Waals surface area (Å²) in [5, 5.41) is 0. The van der Waals surface area contributed by atoms with E-state index >= 15 is 0 Å². The van der Waals surface area contributed by atoms with Gasteiger partial charge in [0, 0.05) is 11.3 Å². The fourth-order valence-electron chi connectivity index (χ4n) is 1.63. The van der Waals surface area contributed by atoms with Gasteiger partial charge in [-0.15, -0.1) is 11.8 Å². The van der Waals surface area contributed by atoms with Crippen LogP contribution in [0.1, 0.15) is 5.56 Å². The lowest BCUT2D eigenvalue weighted by Gasteiger charge is -2.03. The van der Waals surface area contributed by atoms with E-state index in [2.05, 4.69) is 0 Å². The van der Waals surface area contributed by atoms with Gasteiger partial charge in [0.15, 0.2) is 0 Å². The molecule has 0 aliphatic rings. The van der Waals surface area contributed by atoms with Gasteiger partial charge in [-0.25, -0.2) is 13.2 Å². The fourth-order valence-corrected chi connectivity index (χ4v) is 2.45. The standard InChI is InChI=1S/C15H11F3OS/c16-11-3-1-10(2-4-11)7-13(19)9-20-15-8-12(17)5-6-14(15)18/h1-6,8H,7,9H2. The summed E-state index contributed by atoms with van der Waals surface area (Å²) in [5.41, 5.74) is 0.691. The van der Waals surface area contributed by atoms with Crippen LogP contribution in [-0.4, -0.2) is 11.5 Å². The molecule has 0 fully saturated rings. The van der Waals surface area contributed by atoms with Crippen LogP contribution in [0.3, 0.4) is 0 Å². The number of thioether (sulfide) groups is 1. The molecule has 20 heavy (non-hydrogen) atoms. The molecule has 0 aliphatic heterocycles. The maximum atomic E-state index is 13.4. The number of ketones is 1. The molecule has 0 saturated carbocycles. The summed E-state index contributed by atoms with van der Waals surface area (Å²) in [6, 6.07) is 8.73. The molecule has 0 spiro atoms. The second-order valence-electron chi connectivity index (χ2n) is 4.21. The number of benzene rings is 2. The Balaban J connectivity index is 1.92. The van der Waals surface area contributed by atoms with Crippen LogP contribution < -0.4 is 0 Å². The number of Topliss-reactive ketones (excluding diaryl/α,β-unsaturated/α-hetero) is 1. The van der Waals surface area contributed by atoms with Crippen LogP contribution in [0.15, 0.2) is 47.4 Å². The highest BCUT2D eigenvalue weighted by atomic mass is 32.2. The average Bonchev–Trinajstić information content (AvgIpc) is 2.42. The van der Waals surface area contributed by atoms with E-state index in [1.807, 2.05) is 0 Å². The van der Waals surface area contributed by atoms with Gasteiger partial charge in [-0.1, -0.05) is 12.1 Å². The van der Waals surface area contributed by atoms with Crippen LogP contribution in [0.4, 0.5) is 13.2 Å². The summed E-state index contributed by atoms with van der Waals surface area (Å²) < 4.78 is 39.0. The van der Waals surface area contributed by atoms with Crippen LogP contribution in [0.25, 0.3) is 0 Å². The lowest BCUT2D eigenvalue weighted by atomic mass is 10.1. The van der Waals surface area contributed by atoms with Crippen molar-refractivity contribution in [1.82, 2.24) is 0 Å². The van der Waals surface area contributed by atoms with Crippen LogP contribution in [-0.2, 0) is 11.2 Å². The summed E-state index contributed by atoms with van der Waals surface area (Å²) in [4.78, 5) is 11.8. The molecular formula is C15H11F3OS. The first-order valence-electron chi connectivity index (χ1n) is 5.88. The van der Waals surface area contributed by atoms with E-state index in [-0.39, 0.29) is 28.7 Å². The molecule has 104 valence electrons. The normalized spacial score (nSPS) is 10.6. The Labute approximate surface area is 118 Å². The third kappa shape index (κ3) is 4.13. The Morgan fingerprint density at radius 1 is 0.950 bits per heavy atom. The van der Waals surface area contributed by atoms with E-state index in [0.717, 1.165) is 30.0 Å². The second kappa shape index (κ2) is 6.61. The summed E-state index contributed by atoms with van der Waals surface area (Å²) in [5.74, 6) is -1.55. The molecule has 0 saturated heterocycles. The van der Waals surface area contributed by atoms with Crippen molar-refractivity contribution in [1.29, 1.82) is 0 Å². The Morgan fingerprint density at radius 2 is 1.60 bits per heavy atom. The Morgan fingerprint density at radius 3 is 2.30 bits per heavy atom. The molecule has 2 aromatic carbocycles. The molecule has 0 bridgehead atoms. The zero-order valence-corrected chi connectivity index (χ0v) is 11.2. The first-order valence-corrected chi connectivity index (χ1v) is 6.87. The van der Waals surface area contributed by atoms with Crippen molar-refractivity contribution in [3.8, 4) is 0 Å². The molecule has 0 atom stereocenters. The average molecular weight is 296 g/mol. The van der Waals surface area contributed by atoms with Crippen molar-refractivity contribution in [2.75, 3.05) is 5.75 Å². The van der Waals surface area contributed by atoms with E-state index in [9.17, 15) is 18.0 Å². The maximum absolute atomic E-state index is 13.4. The molecule has 2 rings (SSSR count). The van der Waals surface area contributed by atoms with Crippen molar-refractivity contribution in [3.63, 3.8) is 0 Å². The molecule has 0 aliphatic carbocycles. The Hall–Kier alpha value is -1.75. The summed E-state index contributed by atoms with van der Waals surface area (Å²) in [6.45, 7) is 0. The van der Waals surface area contributed by atoms with Gasteiger partial charge in [0.2, 0.25) is 0 Å². The molecule has 0 amide bonds. The van der Waals surface area contributed by atoms with Crippen molar-refractivity contribution in [2.24, 2.45) is 0 Å². The van der Waals surface area contributed by atoms with E-state index in [4.69, 9.17) is 0 Å². The first kappa shape index (κ1) is 14.7. The van der Waals surface area contributed by atoms with Crippen molar-refractivity contribution in [3.05, 3.63) is 65.5 Å².